The van der Waals surface area contributed by atoms with E-state index in [4.69, 9.17) is 4.52 Å². The highest BCUT2D eigenvalue weighted by molar-refractivity contribution is 7.91. The van der Waals surface area contributed by atoms with Crippen molar-refractivity contribution in [1.82, 2.24) is 14.8 Å². The summed E-state index contributed by atoms with van der Waals surface area (Å²) < 4.78 is 34.1. The number of nitrogens with zero attached hydrogens (tertiary/aromatic N) is 3. The monoisotopic (exact) mass is 328 g/mol. The van der Waals surface area contributed by atoms with Crippen molar-refractivity contribution < 1.29 is 12.9 Å². The molecule has 1 N–H and O–H groups in total. The van der Waals surface area contributed by atoms with Crippen molar-refractivity contribution in [3.63, 3.8) is 0 Å². The van der Waals surface area contributed by atoms with Gasteiger partial charge in [0.1, 0.15) is 11.4 Å². The van der Waals surface area contributed by atoms with E-state index < -0.39 is 10.0 Å². The molecule has 116 valence electrons. The Balaban J connectivity index is 1.62. The lowest BCUT2D eigenvalue weighted by atomic mass is 10.2. The zero-order chi connectivity index (χ0) is 15.9. The highest BCUT2D eigenvalue weighted by Crippen LogP contribution is 2.21. The second kappa shape index (κ2) is 5.10. The molecular weight excluding hydrogens is 316 g/mol. The van der Waals surface area contributed by atoms with Gasteiger partial charge in [-0.1, -0.05) is 17.3 Å². The molecule has 0 saturated carbocycles. The third-order valence-corrected chi connectivity index (χ3v) is 4.65. The number of aromatic nitrogens is 3. The average Bonchev–Trinajstić information content (AvgIpc) is 3.13. The van der Waals surface area contributed by atoms with Crippen LogP contribution in [0.5, 0.6) is 0 Å². The topological polar surface area (TPSA) is 89.5 Å². The molecule has 0 amide bonds. The molecule has 0 spiro atoms. The Kier molecular flexibility index (Phi) is 3.05. The van der Waals surface area contributed by atoms with Crippen molar-refractivity contribution in [2.75, 3.05) is 4.72 Å². The molecule has 3 heterocycles. The maximum atomic E-state index is 12.4. The van der Waals surface area contributed by atoms with Crippen LogP contribution in [0.15, 0.2) is 59.4 Å². The van der Waals surface area contributed by atoms with Gasteiger partial charge in [0, 0.05) is 17.8 Å². The van der Waals surface area contributed by atoms with Crippen LogP contribution in [0.3, 0.4) is 0 Å². The third-order valence-electron chi connectivity index (χ3n) is 3.45. The van der Waals surface area contributed by atoms with Crippen LogP contribution in [0.2, 0.25) is 0 Å². The summed E-state index contributed by atoms with van der Waals surface area (Å²) in [5.74, 6) is -0.256. The first kappa shape index (κ1) is 13.8. The smallest absolute Gasteiger partial charge is 0.238 e. The van der Waals surface area contributed by atoms with E-state index in [1.807, 2.05) is 12.1 Å². The van der Waals surface area contributed by atoms with Gasteiger partial charge in [-0.05, 0) is 30.3 Å². The molecule has 0 aliphatic carbocycles. The summed E-state index contributed by atoms with van der Waals surface area (Å²) in [5.41, 5.74) is 2.24. The average molecular weight is 328 g/mol. The second-order valence-corrected chi connectivity index (χ2v) is 6.82. The Morgan fingerprint density at radius 1 is 1.17 bits per heavy atom. The molecule has 4 rings (SSSR count). The van der Waals surface area contributed by atoms with Crippen LogP contribution in [0, 0.1) is 0 Å². The molecule has 0 atom stereocenters. The number of nitrogens with one attached hydrogen (secondary N) is 1. The number of fused-ring (bicyclic) bond motifs is 2. The molecule has 0 aliphatic rings. The summed E-state index contributed by atoms with van der Waals surface area (Å²) in [6.45, 7) is 0. The Morgan fingerprint density at radius 2 is 2.04 bits per heavy atom. The first-order valence-corrected chi connectivity index (χ1v) is 8.53. The molecule has 0 aliphatic heterocycles. The van der Waals surface area contributed by atoms with Gasteiger partial charge in [0.2, 0.25) is 10.0 Å². The van der Waals surface area contributed by atoms with Crippen LogP contribution < -0.4 is 4.72 Å². The largest absolute Gasteiger partial charge is 0.356 e. The van der Waals surface area contributed by atoms with Gasteiger partial charge in [0.05, 0.1) is 11.2 Å². The molecular formula is C15H12N4O3S. The standard InChI is InChI=1S/C15H12N4O3S/c20-23(21,10-14-13-3-1-2-4-15(13)22-17-14)18-11-6-8-19-12(9-11)5-7-16-19/h1-9,18H,10H2. The first-order chi connectivity index (χ1) is 11.1. The van der Waals surface area contributed by atoms with Gasteiger partial charge in [-0.25, -0.2) is 12.9 Å². The van der Waals surface area contributed by atoms with Crippen molar-refractivity contribution in [1.29, 1.82) is 0 Å². The van der Waals surface area contributed by atoms with Gasteiger partial charge in [-0.15, -0.1) is 0 Å². The van der Waals surface area contributed by atoms with Gasteiger partial charge >= 0.3 is 0 Å². The molecule has 23 heavy (non-hydrogen) atoms. The first-order valence-electron chi connectivity index (χ1n) is 6.88. The van der Waals surface area contributed by atoms with Crippen molar-refractivity contribution >= 4 is 32.2 Å². The fraction of sp³-hybridized carbons (Fsp3) is 0.0667. The van der Waals surface area contributed by atoms with Crippen LogP contribution in [0.4, 0.5) is 5.69 Å². The van der Waals surface area contributed by atoms with Crippen molar-refractivity contribution in [3.05, 3.63) is 60.6 Å². The number of sulfonamides is 1. The maximum Gasteiger partial charge on any atom is 0.238 e. The summed E-state index contributed by atoms with van der Waals surface area (Å²) in [5, 5.41) is 8.62. The zero-order valence-electron chi connectivity index (χ0n) is 11.9. The van der Waals surface area contributed by atoms with E-state index >= 15 is 0 Å². The quantitative estimate of drug-likeness (QED) is 0.621. The fourth-order valence-corrected chi connectivity index (χ4v) is 3.55. The summed E-state index contributed by atoms with van der Waals surface area (Å²) in [6, 6.07) is 12.3. The lowest BCUT2D eigenvalue weighted by molar-refractivity contribution is 0.448. The van der Waals surface area contributed by atoms with Crippen LogP contribution in [-0.4, -0.2) is 23.2 Å². The molecule has 4 aromatic rings. The number of para-hydroxylation sites is 1. The van der Waals surface area contributed by atoms with Crippen molar-refractivity contribution in [3.8, 4) is 0 Å². The van der Waals surface area contributed by atoms with Crippen LogP contribution in [-0.2, 0) is 15.8 Å². The zero-order valence-corrected chi connectivity index (χ0v) is 12.7. The summed E-state index contributed by atoms with van der Waals surface area (Å²) in [6.07, 6.45) is 3.34. The van der Waals surface area contributed by atoms with E-state index in [1.165, 1.54) is 0 Å². The Hall–Kier alpha value is -2.87. The van der Waals surface area contributed by atoms with Crippen molar-refractivity contribution in [2.24, 2.45) is 0 Å². The molecule has 0 saturated heterocycles. The number of benzene rings is 1. The van der Waals surface area contributed by atoms with Crippen molar-refractivity contribution in [2.45, 2.75) is 5.75 Å². The highest BCUT2D eigenvalue weighted by Gasteiger charge is 2.17. The second-order valence-electron chi connectivity index (χ2n) is 5.10. The van der Waals surface area contributed by atoms with Gasteiger partial charge in [0.15, 0.2) is 5.58 Å². The minimum absolute atomic E-state index is 0.256. The SMILES string of the molecule is O=S(=O)(Cc1noc2ccccc12)Nc1ccn2nccc2c1. The fourth-order valence-electron chi connectivity index (χ4n) is 2.42. The molecule has 1 aromatic carbocycles. The molecule has 8 heteroatoms. The van der Waals surface area contributed by atoms with Gasteiger partial charge < -0.3 is 4.52 Å². The molecule has 3 aromatic heterocycles. The number of rotatable bonds is 4. The number of hydrogen-bond donors (Lipinski definition) is 1. The predicted octanol–water partition coefficient (Wildman–Crippen LogP) is 2.42. The number of pyridine rings is 1. The Labute approximate surface area is 131 Å². The van der Waals surface area contributed by atoms with E-state index in [9.17, 15) is 8.42 Å². The van der Waals surface area contributed by atoms with E-state index in [0.29, 0.717) is 22.4 Å². The van der Waals surface area contributed by atoms with Crippen LogP contribution >= 0.6 is 0 Å². The molecule has 0 radical (unpaired) electrons. The Morgan fingerprint density at radius 3 is 2.96 bits per heavy atom. The minimum Gasteiger partial charge on any atom is -0.356 e. The number of anilines is 1. The Bertz CT molecular complexity index is 1100. The summed E-state index contributed by atoms with van der Waals surface area (Å²) in [4.78, 5) is 0. The predicted molar refractivity (Wildman–Crippen MR) is 85.4 cm³/mol. The number of hydrogen-bond acceptors (Lipinski definition) is 5. The van der Waals surface area contributed by atoms with Gasteiger partial charge in [-0.2, -0.15) is 5.10 Å². The highest BCUT2D eigenvalue weighted by atomic mass is 32.2. The molecule has 7 nitrogen and oxygen atoms in total. The van der Waals surface area contributed by atoms with E-state index in [-0.39, 0.29) is 5.75 Å². The molecule has 0 fully saturated rings. The molecule has 0 unspecified atom stereocenters. The lowest BCUT2D eigenvalue weighted by Gasteiger charge is -2.07. The molecule has 0 bridgehead atoms. The summed E-state index contributed by atoms with van der Waals surface area (Å²) in [7, 11) is -3.60. The maximum absolute atomic E-state index is 12.4. The van der Waals surface area contributed by atoms with E-state index in [1.54, 1.807) is 47.2 Å². The minimum atomic E-state index is -3.60. The van der Waals surface area contributed by atoms with Crippen LogP contribution in [0.25, 0.3) is 16.5 Å². The van der Waals surface area contributed by atoms with Gasteiger partial charge in [0.25, 0.3) is 0 Å². The lowest BCUT2D eigenvalue weighted by Crippen LogP contribution is -2.15. The third kappa shape index (κ3) is 2.64. The van der Waals surface area contributed by atoms with Gasteiger partial charge in [-0.3, -0.25) is 4.72 Å². The normalized spacial score (nSPS) is 12.0. The summed E-state index contributed by atoms with van der Waals surface area (Å²) >= 11 is 0. The van der Waals surface area contributed by atoms with Crippen LogP contribution in [0.1, 0.15) is 5.69 Å². The van der Waals surface area contributed by atoms with E-state index in [2.05, 4.69) is 15.0 Å². The van der Waals surface area contributed by atoms with E-state index in [0.717, 1.165) is 5.52 Å².